The van der Waals surface area contributed by atoms with Gasteiger partial charge in [-0.2, -0.15) is 12.7 Å². The third-order valence-corrected chi connectivity index (χ3v) is 12.1. The Morgan fingerprint density at radius 2 is 1.68 bits per heavy atom. The number of carbonyl (C=O) groups is 2. The standard InChI is InChI=1S/C36H44FN5O4S/c1-39(2)47(45,46)38-35(43)26-12-13-31-32(21-26)42-22-27(36(44)40-18-15-29(16-19-40)41-17-14-28(37)23-41)20-25-10-6-7-11-30(25)34(42)33(31)24-8-4-3-5-9-24/h6-7,10-13,20-21,24,28-29H,3-5,8-9,14-19,22-23H2,1-2H3,(H,38,43)/t28-/m1/s1. The molecule has 0 unspecified atom stereocenters. The van der Waals surface area contributed by atoms with Crippen molar-refractivity contribution in [2.75, 3.05) is 40.3 Å². The van der Waals surface area contributed by atoms with E-state index in [0.29, 0.717) is 50.1 Å². The predicted octanol–water partition coefficient (Wildman–Crippen LogP) is 5.32. The van der Waals surface area contributed by atoms with Crippen LogP contribution in [-0.4, -0.2) is 91.4 Å². The Labute approximate surface area is 276 Å². The van der Waals surface area contributed by atoms with E-state index in [9.17, 15) is 22.4 Å². The van der Waals surface area contributed by atoms with E-state index >= 15 is 0 Å². The van der Waals surface area contributed by atoms with Crippen molar-refractivity contribution in [3.8, 4) is 11.3 Å². The fourth-order valence-electron chi connectivity index (χ4n) is 8.13. The highest BCUT2D eigenvalue weighted by Crippen LogP contribution is 2.46. The second-order valence-electron chi connectivity index (χ2n) is 13.8. The van der Waals surface area contributed by atoms with E-state index in [0.717, 1.165) is 77.1 Å². The lowest BCUT2D eigenvalue weighted by molar-refractivity contribution is -0.128. The van der Waals surface area contributed by atoms with E-state index in [-0.39, 0.29) is 11.5 Å². The summed E-state index contributed by atoms with van der Waals surface area (Å²) in [4.78, 5) is 31.7. The number of hydrogen-bond acceptors (Lipinski definition) is 5. The number of nitrogens with one attached hydrogen (secondary N) is 1. The number of benzene rings is 2. The highest BCUT2D eigenvalue weighted by atomic mass is 32.2. The third-order valence-electron chi connectivity index (χ3n) is 10.7. The zero-order valence-corrected chi connectivity index (χ0v) is 28.1. The van der Waals surface area contributed by atoms with Crippen molar-refractivity contribution in [2.24, 2.45) is 0 Å². The second kappa shape index (κ2) is 12.8. The molecule has 2 amide bonds. The molecular formula is C36H44FN5O4S. The van der Waals surface area contributed by atoms with E-state index in [1.165, 1.54) is 26.1 Å². The van der Waals surface area contributed by atoms with Crippen LogP contribution in [0.4, 0.5) is 4.39 Å². The smallest absolute Gasteiger partial charge is 0.303 e. The topological polar surface area (TPSA) is 95.0 Å². The second-order valence-corrected chi connectivity index (χ2v) is 15.7. The Bertz CT molecular complexity index is 1840. The molecule has 4 heterocycles. The number of carbonyl (C=O) groups excluding carboxylic acids is 2. The van der Waals surface area contributed by atoms with Crippen LogP contribution in [-0.2, 0) is 21.5 Å². The van der Waals surface area contributed by atoms with E-state index in [2.05, 4.69) is 26.3 Å². The lowest BCUT2D eigenvalue weighted by atomic mass is 9.81. The average molecular weight is 662 g/mol. The molecule has 250 valence electrons. The van der Waals surface area contributed by atoms with Crippen molar-refractivity contribution in [1.82, 2.24) is 23.4 Å². The SMILES string of the molecule is CN(C)S(=O)(=O)NC(=O)c1ccc2c(C3CCCCC3)c3n(c2c1)CC(C(=O)N1CCC(N2CC[C@@H](F)C2)CC1)=Cc1ccccc1-3. The summed E-state index contributed by atoms with van der Waals surface area (Å²) in [5.41, 5.74) is 6.11. The Morgan fingerprint density at radius 1 is 0.936 bits per heavy atom. The molecule has 0 bridgehead atoms. The van der Waals surface area contributed by atoms with Gasteiger partial charge in [0.1, 0.15) is 6.17 Å². The molecule has 3 aromatic rings. The molecule has 1 N–H and O–H groups in total. The Balaban J connectivity index is 1.28. The van der Waals surface area contributed by atoms with Crippen molar-refractivity contribution in [1.29, 1.82) is 0 Å². The molecule has 7 rings (SSSR count). The zero-order valence-electron chi connectivity index (χ0n) is 27.3. The van der Waals surface area contributed by atoms with Gasteiger partial charge in [0, 0.05) is 73.9 Å². The first-order chi connectivity index (χ1) is 22.6. The molecule has 2 aromatic carbocycles. The van der Waals surface area contributed by atoms with Gasteiger partial charge < -0.3 is 9.47 Å². The first-order valence-corrected chi connectivity index (χ1v) is 18.4. The van der Waals surface area contributed by atoms with E-state index in [1.54, 1.807) is 12.1 Å². The normalized spacial score (nSPS) is 21.4. The molecule has 0 spiro atoms. The Kier molecular flexibility index (Phi) is 8.73. The fraction of sp³-hybridized carbons (Fsp3) is 0.500. The van der Waals surface area contributed by atoms with Crippen molar-refractivity contribution in [3.05, 3.63) is 64.7 Å². The van der Waals surface area contributed by atoms with Crippen molar-refractivity contribution >= 4 is 39.0 Å². The molecule has 4 aliphatic rings. The van der Waals surface area contributed by atoms with Crippen molar-refractivity contribution in [2.45, 2.75) is 76.0 Å². The quantitative estimate of drug-likeness (QED) is 0.386. The van der Waals surface area contributed by atoms with Crippen LogP contribution in [0.25, 0.3) is 28.2 Å². The molecule has 3 aliphatic heterocycles. The Hall–Kier alpha value is -3.54. The Morgan fingerprint density at radius 3 is 2.38 bits per heavy atom. The summed E-state index contributed by atoms with van der Waals surface area (Å²) in [5, 5.41) is 1.04. The molecule has 2 saturated heterocycles. The first-order valence-electron chi connectivity index (χ1n) is 17.0. The molecule has 1 aliphatic carbocycles. The maximum atomic E-state index is 14.3. The maximum absolute atomic E-state index is 14.3. The summed E-state index contributed by atoms with van der Waals surface area (Å²) in [6.07, 6.45) is 9.22. The number of hydrogen-bond donors (Lipinski definition) is 1. The van der Waals surface area contributed by atoms with E-state index in [1.807, 2.05) is 29.2 Å². The van der Waals surface area contributed by atoms with Gasteiger partial charge in [-0.05, 0) is 67.4 Å². The zero-order chi connectivity index (χ0) is 32.9. The van der Waals surface area contributed by atoms with Crippen molar-refractivity contribution < 1.29 is 22.4 Å². The lowest BCUT2D eigenvalue weighted by Gasteiger charge is -2.37. The van der Waals surface area contributed by atoms with Gasteiger partial charge in [0.2, 0.25) is 0 Å². The minimum absolute atomic E-state index is 0.00272. The van der Waals surface area contributed by atoms with Crippen LogP contribution < -0.4 is 4.72 Å². The van der Waals surface area contributed by atoms with Gasteiger partial charge in [-0.3, -0.25) is 14.5 Å². The lowest BCUT2D eigenvalue weighted by Crippen LogP contribution is -2.46. The van der Waals surface area contributed by atoms with E-state index < -0.39 is 22.3 Å². The predicted molar refractivity (Wildman–Crippen MR) is 182 cm³/mol. The number of rotatable bonds is 6. The van der Waals surface area contributed by atoms with Gasteiger partial charge in [-0.15, -0.1) is 0 Å². The summed E-state index contributed by atoms with van der Waals surface area (Å²) in [6, 6.07) is 14.0. The molecule has 0 radical (unpaired) electrons. The van der Waals surface area contributed by atoms with Crippen LogP contribution >= 0.6 is 0 Å². The molecule has 3 fully saturated rings. The van der Waals surface area contributed by atoms with Gasteiger partial charge in [-0.25, -0.2) is 9.11 Å². The number of likely N-dealkylation sites (tertiary alicyclic amines) is 2. The van der Waals surface area contributed by atoms with Crippen molar-refractivity contribution in [3.63, 3.8) is 0 Å². The van der Waals surface area contributed by atoms with Crippen LogP contribution in [0.2, 0.25) is 0 Å². The average Bonchev–Trinajstić information content (AvgIpc) is 3.60. The molecule has 9 nitrogen and oxygen atoms in total. The summed E-state index contributed by atoms with van der Waals surface area (Å²) in [7, 11) is -1.23. The molecule has 1 aromatic heterocycles. The molecule has 11 heteroatoms. The molecular weight excluding hydrogens is 617 g/mol. The molecule has 1 saturated carbocycles. The number of halogens is 1. The summed E-state index contributed by atoms with van der Waals surface area (Å²) >= 11 is 0. The molecule has 47 heavy (non-hydrogen) atoms. The van der Waals surface area contributed by atoms with Gasteiger partial charge in [-0.1, -0.05) is 49.6 Å². The highest BCUT2D eigenvalue weighted by Gasteiger charge is 2.35. The largest absolute Gasteiger partial charge is 0.339 e. The number of aromatic nitrogens is 1. The fourth-order valence-corrected chi connectivity index (χ4v) is 8.66. The number of alkyl halides is 1. The van der Waals surface area contributed by atoms with Crippen LogP contribution in [0.15, 0.2) is 48.0 Å². The highest BCUT2D eigenvalue weighted by molar-refractivity contribution is 7.87. The van der Waals surface area contributed by atoms with Gasteiger partial charge in [0.15, 0.2) is 0 Å². The monoisotopic (exact) mass is 661 g/mol. The first kappa shape index (κ1) is 32.0. The van der Waals surface area contributed by atoms with Gasteiger partial charge >= 0.3 is 10.2 Å². The summed E-state index contributed by atoms with van der Waals surface area (Å²) in [5.74, 6) is -0.353. The van der Waals surface area contributed by atoms with Crippen LogP contribution in [0.1, 0.15) is 78.8 Å². The minimum Gasteiger partial charge on any atom is -0.339 e. The number of piperidine rings is 1. The number of fused-ring (bicyclic) bond motifs is 5. The minimum atomic E-state index is -3.97. The number of amides is 2. The van der Waals surface area contributed by atoms with Crippen LogP contribution in [0.3, 0.4) is 0 Å². The molecule has 1 atom stereocenters. The van der Waals surface area contributed by atoms with Crippen LogP contribution in [0, 0.1) is 0 Å². The summed E-state index contributed by atoms with van der Waals surface area (Å²) in [6.45, 7) is 2.88. The summed E-state index contributed by atoms with van der Waals surface area (Å²) < 4.78 is 44.2. The van der Waals surface area contributed by atoms with Crippen LogP contribution in [0.5, 0.6) is 0 Å². The van der Waals surface area contributed by atoms with Gasteiger partial charge in [0.25, 0.3) is 11.8 Å². The maximum Gasteiger partial charge on any atom is 0.303 e. The van der Waals surface area contributed by atoms with E-state index in [4.69, 9.17) is 0 Å². The third kappa shape index (κ3) is 6.13. The van der Waals surface area contributed by atoms with Gasteiger partial charge in [0.05, 0.1) is 12.2 Å². The number of nitrogens with zero attached hydrogens (tertiary/aromatic N) is 4.